The van der Waals surface area contributed by atoms with E-state index in [2.05, 4.69) is 24.2 Å². The zero-order valence-corrected chi connectivity index (χ0v) is 12.5. The Balaban J connectivity index is 1.64. The second-order valence-electron chi connectivity index (χ2n) is 6.69. The van der Waals surface area contributed by atoms with Gasteiger partial charge in [0.05, 0.1) is 0 Å². The van der Waals surface area contributed by atoms with Crippen molar-refractivity contribution >= 4 is 0 Å². The van der Waals surface area contributed by atoms with Crippen LogP contribution in [0.3, 0.4) is 0 Å². The average molecular weight is 252 g/mol. The molecular weight excluding hydrogens is 220 g/mol. The average Bonchev–Trinajstić information content (AvgIpc) is 2.64. The van der Waals surface area contributed by atoms with Crippen LogP contribution >= 0.6 is 0 Å². The lowest BCUT2D eigenvalue weighted by Gasteiger charge is -2.19. The van der Waals surface area contributed by atoms with E-state index in [9.17, 15) is 0 Å². The number of likely N-dealkylation sites (tertiary alicyclic amines) is 1. The Morgan fingerprint density at radius 2 is 1.94 bits per heavy atom. The number of hydrogen-bond donors (Lipinski definition) is 1. The van der Waals surface area contributed by atoms with Crippen molar-refractivity contribution in [3.8, 4) is 0 Å². The van der Waals surface area contributed by atoms with Gasteiger partial charge in [0.2, 0.25) is 0 Å². The van der Waals surface area contributed by atoms with Crippen LogP contribution in [0.15, 0.2) is 0 Å². The molecule has 1 saturated heterocycles. The van der Waals surface area contributed by atoms with Crippen LogP contribution in [0.25, 0.3) is 0 Å². The van der Waals surface area contributed by atoms with Gasteiger partial charge in [-0.2, -0.15) is 0 Å². The van der Waals surface area contributed by atoms with E-state index in [4.69, 9.17) is 0 Å². The van der Waals surface area contributed by atoms with Crippen LogP contribution in [0.1, 0.15) is 58.3 Å². The molecule has 0 bridgehead atoms. The molecule has 2 aliphatic rings. The number of rotatable bonds is 5. The first kappa shape index (κ1) is 14.3. The molecule has 2 fully saturated rings. The van der Waals surface area contributed by atoms with Crippen LogP contribution in [-0.2, 0) is 0 Å². The summed E-state index contributed by atoms with van der Waals surface area (Å²) in [6.45, 7) is 6.19. The molecule has 1 aliphatic carbocycles. The smallest absolute Gasteiger partial charge is 0.00672 e. The van der Waals surface area contributed by atoms with E-state index in [0.717, 1.165) is 17.9 Å². The minimum absolute atomic E-state index is 0.817. The van der Waals surface area contributed by atoms with Crippen molar-refractivity contribution in [3.63, 3.8) is 0 Å². The van der Waals surface area contributed by atoms with Crippen LogP contribution in [-0.4, -0.2) is 37.6 Å². The highest BCUT2D eigenvalue weighted by atomic mass is 15.1. The molecule has 0 radical (unpaired) electrons. The Hall–Kier alpha value is -0.0800. The summed E-state index contributed by atoms with van der Waals surface area (Å²) >= 11 is 0. The second kappa shape index (κ2) is 7.49. The lowest BCUT2D eigenvalue weighted by Crippen LogP contribution is -2.33. The fourth-order valence-corrected chi connectivity index (χ4v) is 3.81. The Bertz CT molecular complexity index is 229. The van der Waals surface area contributed by atoms with Crippen molar-refractivity contribution in [1.29, 1.82) is 0 Å². The first-order chi connectivity index (χ1) is 8.78. The Morgan fingerprint density at radius 3 is 2.67 bits per heavy atom. The highest BCUT2D eigenvalue weighted by molar-refractivity contribution is 4.79. The van der Waals surface area contributed by atoms with Crippen LogP contribution in [0.2, 0.25) is 0 Å². The fraction of sp³-hybridized carbons (Fsp3) is 1.00. The minimum atomic E-state index is 0.817. The molecular formula is C16H32N2. The third kappa shape index (κ3) is 4.55. The van der Waals surface area contributed by atoms with Crippen molar-refractivity contribution in [1.82, 2.24) is 10.2 Å². The first-order valence-electron chi connectivity index (χ1n) is 8.19. The van der Waals surface area contributed by atoms with Crippen LogP contribution in [0, 0.1) is 11.8 Å². The molecule has 1 aliphatic heterocycles. The molecule has 106 valence electrons. The van der Waals surface area contributed by atoms with Gasteiger partial charge in [0.1, 0.15) is 0 Å². The van der Waals surface area contributed by atoms with Crippen molar-refractivity contribution in [2.45, 2.75) is 64.3 Å². The van der Waals surface area contributed by atoms with Crippen LogP contribution in [0.5, 0.6) is 0 Å². The Morgan fingerprint density at radius 1 is 1.06 bits per heavy atom. The third-order valence-corrected chi connectivity index (χ3v) is 4.97. The number of hydrogen-bond acceptors (Lipinski definition) is 2. The largest absolute Gasteiger partial charge is 0.314 e. The van der Waals surface area contributed by atoms with Crippen molar-refractivity contribution in [2.75, 3.05) is 26.7 Å². The first-order valence-corrected chi connectivity index (χ1v) is 8.19. The van der Waals surface area contributed by atoms with E-state index in [-0.39, 0.29) is 0 Å². The summed E-state index contributed by atoms with van der Waals surface area (Å²) in [4.78, 5) is 2.47. The molecule has 0 aromatic rings. The zero-order valence-electron chi connectivity index (χ0n) is 12.5. The van der Waals surface area contributed by atoms with Crippen molar-refractivity contribution in [3.05, 3.63) is 0 Å². The van der Waals surface area contributed by atoms with Gasteiger partial charge >= 0.3 is 0 Å². The summed E-state index contributed by atoms with van der Waals surface area (Å²) in [6, 6.07) is 0.817. The van der Waals surface area contributed by atoms with Gasteiger partial charge in [0.15, 0.2) is 0 Å². The van der Waals surface area contributed by atoms with E-state index >= 15 is 0 Å². The van der Waals surface area contributed by atoms with E-state index in [1.165, 1.54) is 71.0 Å². The molecule has 1 saturated carbocycles. The van der Waals surface area contributed by atoms with E-state index < -0.39 is 0 Å². The summed E-state index contributed by atoms with van der Waals surface area (Å²) in [5, 5.41) is 3.86. The highest BCUT2D eigenvalue weighted by Crippen LogP contribution is 2.27. The SMILES string of the molecule is CCCC1CCCC(NCC2CCN(C)C2)CC1. The summed E-state index contributed by atoms with van der Waals surface area (Å²) < 4.78 is 0. The highest BCUT2D eigenvalue weighted by Gasteiger charge is 2.22. The summed E-state index contributed by atoms with van der Waals surface area (Å²) in [7, 11) is 2.25. The minimum Gasteiger partial charge on any atom is -0.314 e. The van der Waals surface area contributed by atoms with Crippen LogP contribution in [0.4, 0.5) is 0 Å². The zero-order chi connectivity index (χ0) is 12.8. The quantitative estimate of drug-likeness (QED) is 0.755. The molecule has 0 aromatic heterocycles. The molecule has 2 rings (SSSR count). The fourth-order valence-electron chi connectivity index (χ4n) is 3.81. The summed E-state index contributed by atoms with van der Waals surface area (Å²) in [6.07, 6.45) is 11.5. The van der Waals surface area contributed by atoms with Crippen molar-refractivity contribution in [2.24, 2.45) is 11.8 Å². The summed E-state index contributed by atoms with van der Waals surface area (Å²) in [5.74, 6) is 1.93. The molecule has 2 nitrogen and oxygen atoms in total. The predicted octanol–water partition coefficient (Wildman–Crippen LogP) is 3.28. The standard InChI is InChI=1S/C16H32N2/c1-3-5-14-6-4-7-16(9-8-14)17-12-15-10-11-18(2)13-15/h14-17H,3-13H2,1-2H3. The molecule has 0 amide bonds. The molecule has 2 heteroatoms. The maximum atomic E-state index is 3.86. The van der Waals surface area contributed by atoms with Gasteiger partial charge in [-0.25, -0.2) is 0 Å². The number of nitrogens with zero attached hydrogens (tertiary/aromatic N) is 1. The molecule has 3 atom stereocenters. The molecule has 0 spiro atoms. The van der Waals surface area contributed by atoms with E-state index in [1.807, 2.05) is 0 Å². The lowest BCUT2D eigenvalue weighted by atomic mass is 9.95. The maximum absolute atomic E-state index is 3.86. The van der Waals surface area contributed by atoms with Gasteiger partial charge in [-0.05, 0) is 57.7 Å². The van der Waals surface area contributed by atoms with Crippen molar-refractivity contribution < 1.29 is 0 Å². The van der Waals surface area contributed by atoms with Gasteiger partial charge < -0.3 is 10.2 Å². The van der Waals surface area contributed by atoms with Gasteiger partial charge in [-0.3, -0.25) is 0 Å². The van der Waals surface area contributed by atoms with E-state index in [1.54, 1.807) is 0 Å². The van der Waals surface area contributed by atoms with Gasteiger partial charge in [-0.15, -0.1) is 0 Å². The Labute approximate surface area is 114 Å². The predicted molar refractivity (Wildman–Crippen MR) is 78.9 cm³/mol. The molecule has 18 heavy (non-hydrogen) atoms. The number of nitrogens with one attached hydrogen (secondary N) is 1. The maximum Gasteiger partial charge on any atom is 0.00672 e. The second-order valence-corrected chi connectivity index (χ2v) is 6.69. The summed E-state index contributed by atoms with van der Waals surface area (Å²) in [5.41, 5.74) is 0. The normalized spacial score (nSPS) is 34.7. The molecule has 1 heterocycles. The van der Waals surface area contributed by atoms with E-state index in [0.29, 0.717) is 0 Å². The third-order valence-electron chi connectivity index (χ3n) is 4.97. The monoisotopic (exact) mass is 252 g/mol. The van der Waals surface area contributed by atoms with Gasteiger partial charge in [0.25, 0.3) is 0 Å². The van der Waals surface area contributed by atoms with Crippen LogP contribution < -0.4 is 5.32 Å². The Kier molecular flexibility index (Phi) is 5.97. The molecule has 3 unspecified atom stereocenters. The molecule has 1 N–H and O–H groups in total. The van der Waals surface area contributed by atoms with Gasteiger partial charge in [0, 0.05) is 12.6 Å². The molecule has 0 aromatic carbocycles. The lowest BCUT2D eigenvalue weighted by molar-refractivity contribution is 0.365. The topological polar surface area (TPSA) is 15.3 Å². The van der Waals surface area contributed by atoms with Gasteiger partial charge in [-0.1, -0.05) is 32.6 Å².